The highest BCUT2D eigenvalue weighted by Gasteiger charge is 2.26. The molecule has 0 atom stereocenters. The lowest BCUT2D eigenvalue weighted by Crippen LogP contribution is -2.09. The van der Waals surface area contributed by atoms with E-state index in [9.17, 15) is 4.79 Å². The number of carbonyl (C=O) groups is 1. The van der Waals surface area contributed by atoms with Crippen molar-refractivity contribution in [1.29, 1.82) is 0 Å². The van der Waals surface area contributed by atoms with E-state index < -0.39 is 0 Å². The number of carbonyl (C=O) groups excluding carboxylic acids is 1. The van der Waals surface area contributed by atoms with Crippen molar-refractivity contribution in [2.45, 2.75) is 27.2 Å². The van der Waals surface area contributed by atoms with Gasteiger partial charge in [0.05, 0.1) is 13.2 Å². The predicted octanol–water partition coefficient (Wildman–Crippen LogP) is 2.81. The standard InChI is InChI=1S/C16H18N2O3/c1-4-20-16(19)14-11-5-6-21-15-10(3)7-9(2)8-12(15)13(11)17-18-14/h7-8H,4-6H2,1-3H3,(H,17,18). The monoisotopic (exact) mass is 286 g/mol. The van der Waals surface area contributed by atoms with E-state index in [0.29, 0.717) is 25.3 Å². The molecule has 1 aliphatic rings. The van der Waals surface area contributed by atoms with Crippen LogP contribution < -0.4 is 4.74 Å². The Morgan fingerprint density at radius 2 is 2.24 bits per heavy atom. The topological polar surface area (TPSA) is 64.2 Å². The third-order valence-corrected chi connectivity index (χ3v) is 3.62. The Hall–Kier alpha value is -2.30. The fraction of sp³-hybridized carbons (Fsp3) is 0.375. The molecule has 0 saturated carbocycles. The van der Waals surface area contributed by atoms with Crippen molar-refractivity contribution in [2.24, 2.45) is 0 Å². The van der Waals surface area contributed by atoms with Crippen molar-refractivity contribution in [1.82, 2.24) is 10.2 Å². The van der Waals surface area contributed by atoms with E-state index in [1.807, 2.05) is 19.9 Å². The molecule has 5 nitrogen and oxygen atoms in total. The number of fused-ring (bicyclic) bond motifs is 3. The Labute approximate surface area is 123 Å². The lowest BCUT2D eigenvalue weighted by molar-refractivity contribution is 0.0518. The average molecular weight is 286 g/mol. The van der Waals surface area contributed by atoms with Gasteiger partial charge in [-0.2, -0.15) is 5.10 Å². The normalized spacial score (nSPS) is 12.9. The summed E-state index contributed by atoms with van der Waals surface area (Å²) in [5.74, 6) is 0.486. The van der Waals surface area contributed by atoms with Crippen molar-refractivity contribution in [3.8, 4) is 17.0 Å². The van der Waals surface area contributed by atoms with Crippen molar-refractivity contribution < 1.29 is 14.3 Å². The summed E-state index contributed by atoms with van der Waals surface area (Å²) in [6.07, 6.45) is 0.632. The molecule has 0 saturated heterocycles. The Morgan fingerprint density at radius 3 is 3.00 bits per heavy atom. The molecule has 0 spiro atoms. The number of ether oxygens (including phenoxy) is 2. The molecule has 3 rings (SSSR count). The van der Waals surface area contributed by atoms with Crippen LogP contribution in [0.5, 0.6) is 5.75 Å². The van der Waals surface area contributed by atoms with Gasteiger partial charge in [0.2, 0.25) is 0 Å². The van der Waals surface area contributed by atoms with E-state index in [4.69, 9.17) is 9.47 Å². The number of hydrogen-bond donors (Lipinski definition) is 1. The Kier molecular flexibility index (Phi) is 3.41. The number of benzene rings is 1. The highest BCUT2D eigenvalue weighted by atomic mass is 16.5. The fourth-order valence-electron chi connectivity index (χ4n) is 2.78. The maximum atomic E-state index is 12.0. The van der Waals surface area contributed by atoms with Crippen LogP contribution in [0.1, 0.15) is 34.1 Å². The van der Waals surface area contributed by atoms with Gasteiger partial charge in [-0.1, -0.05) is 6.07 Å². The summed E-state index contributed by atoms with van der Waals surface area (Å²) in [6.45, 7) is 6.72. The molecule has 2 heterocycles. The highest BCUT2D eigenvalue weighted by Crippen LogP contribution is 2.38. The molecule has 1 aliphatic heterocycles. The SMILES string of the molecule is CCOC(=O)c1[nH]nc2c1CCOc1c(C)cc(C)cc1-2. The van der Waals surface area contributed by atoms with Gasteiger partial charge in [-0.15, -0.1) is 0 Å². The first-order chi connectivity index (χ1) is 10.1. The number of aromatic nitrogens is 2. The summed E-state index contributed by atoms with van der Waals surface area (Å²) in [5, 5.41) is 7.17. The molecule has 1 aromatic heterocycles. The summed E-state index contributed by atoms with van der Waals surface area (Å²) < 4.78 is 10.9. The van der Waals surface area contributed by atoms with Crippen molar-refractivity contribution >= 4 is 5.97 Å². The van der Waals surface area contributed by atoms with E-state index in [1.165, 1.54) is 0 Å². The molecule has 0 bridgehead atoms. The first kappa shape index (κ1) is 13.7. The Bertz CT molecular complexity index is 704. The molecule has 2 aromatic rings. The minimum absolute atomic E-state index is 0.345. The van der Waals surface area contributed by atoms with E-state index in [-0.39, 0.29) is 5.97 Å². The average Bonchev–Trinajstić information content (AvgIpc) is 2.76. The van der Waals surface area contributed by atoms with Crippen LogP contribution in [-0.4, -0.2) is 29.4 Å². The summed E-state index contributed by atoms with van der Waals surface area (Å²) in [7, 11) is 0. The molecular weight excluding hydrogens is 268 g/mol. The minimum Gasteiger partial charge on any atom is -0.492 e. The third-order valence-electron chi connectivity index (χ3n) is 3.62. The third kappa shape index (κ3) is 2.28. The quantitative estimate of drug-likeness (QED) is 0.862. The van der Waals surface area contributed by atoms with Gasteiger partial charge in [0, 0.05) is 17.5 Å². The number of aromatic amines is 1. The van der Waals surface area contributed by atoms with Crippen molar-refractivity contribution in [3.63, 3.8) is 0 Å². The number of H-pyrrole nitrogens is 1. The number of nitrogens with one attached hydrogen (secondary N) is 1. The first-order valence-electron chi connectivity index (χ1n) is 7.10. The number of esters is 1. The number of aryl methyl sites for hydroxylation is 2. The molecule has 0 amide bonds. The maximum Gasteiger partial charge on any atom is 0.356 e. The molecule has 0 unspecified atom stereocenters. The molecule has 0 radical (unpaired) electrons. The van der Waals surface area contributed by atoms with Crippen LogP contribution >= 0.6 is 0 Å². The highest BCUT2D eigenvalue weighted by molar-refractivity contribution is 5.92. The number of hydrogen-bond acceptors (Lipinski definition) is 4. The lowest BCUT2D eigenvalue weighted by atomic mass is 9.99. The van der Waals surface area contributed by atoms with Crippen LogP contribution in [-0.2, 0) is 11.2 Å². The molecule has 1 N–H and O–H groups in total. The zero-order valence-corrected chi connectivity index (χ0v) is 12.4. The van der Waals surface area contributed by atoms with Gasteiger partial charge in [-0.3, -0.25) is 5.10 Å². The van der Waals surface area contributed by atoms with E-state index >= 15 is 0 Å². The van der Waals surface area contributed by atoms with Crippen LogP contribution in [0.4, 0.5) is 0 Å². The zero-order chi connectivity index (χ0) is 15.0. The summed E-state index contributed by atoms with van der Waals surface area (Å²) >= 11 is 0. The van der Waals surface area contributed by atoms with Gasteiger partial charge in [0.1, 0.15) is 17.1 Å². The predicted molar refractivity (Wildman–Crippen MR) is 78.7 cm³/mol. The van der Waals surface area contributed by atoms with Crippen LogP contribution in [0.2, 0.25) is 0 Å². The summed E-state index contributed by atoms with van der Waals surface area (Å²) in [4.78, 5) is 12.0. The summed E-state index contributed by atoms with van der Waals surface area (Å²) in [5.41, 5.74) is 5.26. The second kappa shape index (κ2) is 5.24. The maximum absolute atomic E-state index is 12.0. The first-order valence-corrected chi connectivity index (χ1v) is 7.10. The molecule has 1 aromatic carbocycles. The number of nitrogens with zero attached hydrogens (tertiary/aromatic N) is 1. The van der Waals surface area contributed by atoms with Gasteiger partial charge in [-0.25, -0.2) is 4.79 Å². The molecule has 5 heteroatoms. The largest absolute Gasteiger partial charge is 0.492 e. The van der Waals surface area contributed by atoms with E-state index in [1.54, 1.807) is 6.92 Å². The van der Waals surface area contributed by atoms with Gasteiger partial charge < -0.3 is 9.47 Å². The molecule has 21 heavy (non-hydrogen) atoms. The Morgan fingerprint density at radius 1 is 1.43 bits per heavy atom. The zero-order valence-electron chi connectivity index (χ0n) is 12.4. The van der Waals surface area contributed by atoms with Gasteiger partial charge in [0.25, 0.3) is 0 Å². The second-order valence-electron chi connectivity index (χ2n) is 5.20. The van der Waals surface area contributed by atoms with E-state index in [0.717, 1.165) is 33.7 Å². The number of rotatable bonds is 2. The fourth-order valence-corrected chi connectivity index (χ4v) is 2.78. The van der Waals surface area contributed by atoms with Crippen molar-refractivity contribution in [3.05, 3.63) is 34.5 Å². The lowest BCUT2D eigenvalue weighted by Gasteiger charge is -2.11. The second-order valence-corrected chi connectivity index (χ2v) is 5.20. The summed E-state index contributed by atoms with van der Waals surface area (Å²) in [6, 6.07) is 4.13. The van der Waals surface area contributed by atoms with Crippen LogP contribution in [0.3, 0.4) is 0 Å². The molecule has 0 aliphatic carbocycles. The van der Waals surface area contributed by atoms with Crippen LogP contribution in [0.25, 0.3) is 11.3 Å². The van der Waals surface area contributed by atoms with Crippen LogP contribution in [0, 0.1) is 13.8 Å². The van der Waals surface area contributed by atoms with Crippen molar-refractivity contribution in [2.75, 3.05) is 13.2 Å². The van der Waals surface area contributed by atoms with Gasteiger partial charge in [-0.05, 0) is 38.0 Å². The smallest absolute Gasteiger partial charge is 0.356 e. The van der Waals surface area contributed by atoms with Crippen LogP contribution in [0.15, 0.2) is 12.1 Å². The van der Waals surface area contributed by atoms with Gasteiger partial charge in [0.15, 0.2) is 0 Å². The van der Waals surface area contributed by atoms with E-state index in [2.05, 4.69) is 16.3 Å². The molecular formula is C16H18N2O3. The molecule has 0 fully saturated rings. The van der Waals surface area contributed by atoms with Gasteiger partial charge >= 0.3 is 5.97 Å². The molecule has 110 valence electrons. The minimum atomic E-state index is -0.362. The Balaban J connectivity index is 2.16.